The van der Waals surface area contributed by atoms with Gasteiger partial charge in [0.25, 0.3) is 0 Å². The van der Waals surface area contributed by atoms with E-state index in [-0.39, 0.29) is 18.3 Å². The molecule has 1 N–H and O–H groups in total. The van der Waals surface area contributed by atoms with Gasteiger partial charge in [-0.2, -0.15) is 0 Å². The van der Waals surface area contributed by atoms with Crippen LogP contribution in [-0.2, 0) is 14.3 Å². The van der Waals surface area contributed by atoms with Crippen molar-refractivity contribution >= 4 is 11.8 Å². The van der Waals surface area contributed by atoms with Crippen molar-refractivity contribution in [3.63, 3.8) is 0 Å². The van der Waals surface area contributed by atoms with Crippen LogP contribution in [0.4, 0.5) is 0 Å². The summed E-state index contributed by atoms with van der Waals surface area (Å²) in [5.41, 5.74) is -1.24. The standard InChI is InChI=1S/C25H49NO4/c1-7-9-11-13-14-15-17-19-23(27)25(20-24(28)29,21-26(4,5)6)30-22(3)18-16-12-10-8-2/h22H,7-21H2,1-6H3/p+1. The average molecular weight is 429 g/mol. The molecule has 0 saturated carbocycles. The van der Waals surface area contributed by atoms with Gasteiger partial charge in [0, 0.05) is 6.42 Å². The fourth-order valence-corrected chi connectivity index (χ4v) is 4.17. The summed E-state index contributed by atoms with van der Waals surface area (Å²) in [5, 5.41) is 9.61. The molecule has 178 valence electrons. The Balaban J connectivity index is 5.07. The lowest BCUT2D eigenvalue weighted by molar-refractivity contribution is -0.875. The Morgan fingerprint density at radius 3 is 1.87 bits per heavy atom. The van der Waals surface area contributed by atoms with E-state index < -0.39 is 11.6 Å². The fraction of sp³-hybridized carbons (Fsp3) is 0.920. The fourth-order valence-electron chi connectivity index (χ4n) is 4.17. The third-order valence-corrected chi connectivity index (χ3v) is 5.57. The van der Waals surface area contributed by atoms with Crippen molar-refractivity contribution in [1.82, 2.24) is 0 Å². The van der Waals surface area contributed by atoms with Crippen LogP contribution < -0.4 is 0 Å². The summed E-state index contributed by atoms with van der Waals surface area (Å²) in [6.07, 6.45) is 13.4. The van der Waals surface area contributed by atoms with Gasteiger partial charge in [0.05, 0.1) is 33.7 Å². The first-order valence-electron chi connectivity index (χ1n) is 12.3. The number of carbonyl (C=O) groups is 2. The summed E-state index contributed by atoms with van der Waals surface area (Å²) in [7, 11) is 5.98. The van der Waals surface area contributed by atoms with Gasteiger partial charge in [0.2, 0.25) is 0 Å². The molecule has 0 bridgehead atoms. The SMILES string of the molecule is CCCCCCCCCC(=O)C(CC(=O)O)(C[N+](C)(C)C)OC(C)CCCCCC. The number of likely N-dealkylation sites (N-methyl/N-ethyl adjacent to an activating group) is 1. The van der Waals surface area contributed by atoms with Crippen molar-refractivity contribution in [1.29, 1.82) is 0 Å². The topological polar surface area (TPSA) is 63.6 Å². The van der Waals surface area contributed by atoms with Crippen LogP contribution in [0.3, 0.4) is 0 Å². The predicted molar refractivity (Wildman–Crippen MR) is 125 cm³/mol. The summed E-state index contributed by atoms with van der Waals surface area (Å²) in [4.78, 5) is 25.1. The minimum Gasteiger partial charge on any atom is -0.481 e. The Morgan fingerprint density at radius 2 is 1.37 bits per heavy atom. The highest BCUT2D eigenvalue weighted by atomic mass is 16.5. The van der Waals surface area contributed by atoms with Crippen molar-refractivity contribution < 1.29 is 23.9 Å². The Hall–Kier alpha value is -0.940. The number of ketones is 1. The predicted octanol–water partition coefficient (Wildman–Crippen LogP) is 5.99. The van der Waals surface area contributed by atoms with Crippen LogP contribution in [0.1, 0.15) is 111 Å². The molecule has 0 saturated heterocycles. The molecule has 0 radical (unpaired) electrons. The molecule has 0 heterocycles. The maximum Gasteiger partial charge on any atom is 0.307 e. The van der Waals surface area contributed by atoms with Crippen LogP contribution in [0, 0.1) is 0 Å². The zero-order valence-corrected chi connectivity index (χ0v) is 20.8. The second-order valence-electron chi connectivity index (χ2n) is 10.1. The van der Waals surface area contributed by atoms with E-state index in [1.165, 1.54) is 38.5 Å². The minimum atomic E-state index is -1.24. The van der Waals surface area contributed by atoms with Gasteiger partial charge in [0.1, 0.15) is 6.54 Å². The molecule has 0 aromatic rings. The lowest BCUT2D eigenvalue weighted by atomic mass is 9.88. The molecule has 0 amide bonds. The Labute approximate surface area is 186 Å². The van der Waals surface area contributed by atoms with E-state index in [0.29, 0.717) is 17.4 Å². The summed E-state index contributed by atoms with van der Waals surface area (Å²) in [5.74, 6) is -0.999. The summed E-state index contributed by atoms with van der Waals surface area (Å²) in [6.45, 7) is 6.76. The van der Waals surface area contributed by atoms with E-state index in [2.05, 4.69) is 13.8 Å². The first kappa shape index (κ1) is 29.1. The highest BCUT2D eigenvalue weighted by Crippen LogP contribution is 2.27. The molecule has 0 aromatic carbocycles. The highest BCUT2D eigenvalue weighted by Gasteiger charge is 2.46. The number of unbranched alkanes of at least 4 members (excludes halogenated alkanes) is 9. The van der Waals surface area contributed by atoms with Crippen LogP contribution in [-0.4, -0.2) is 60.7 Å². The second-order valence-corrected chi connectivity index (χ2v) is 10.1. The van der Waals surface area contributed by atoms with Crippen LogP contribution in [0.15, 0.2) is 0 Å². The summed E-state index contributed by atoms with van der Waals surface area (Å²) >= 11 is 0. The van der Waals surface area contributed by atoms with Crippen molar-refractivity contribution in [3.8, 4) is 0 Å². The molecule has 0 aromatic heterocycles. The largest absolute Gasteiger partial charge is 0.481 e. The molecule has 0 aliphatic rings. The lowest BCUT2D eigenvalue weighted by Gasteiger charge is -2.39. The molecule has 0 spiro atoms. The number of hydrogen-bond donors (Lipinski definition) is 1. The molecule has 0 aliphatic heterocycles. The first-order valence-corrected chi connectivity index (χ1v) is 12.3. The van der Waals surface area contributed by atoms with E-state index in [1.807, 2.05) is 28.1 Å². The van der Waals surface area contributed by atoms with E-state index in [4.69, 9.17) is 4.74 Å². The lowest BCUT2D eigenvalue weighted by Crippen LogP contribution is -2.57. The monoisotopic (exact) mass is 428 g/mol. The van der Waals surface area contributed by atoms with Crippen molar-refractivity contribution in [2.75, 3.05) is 27.7 Å². The van der Waals surface area contributed by atoms with Gasteiger partial charge in [-0.1, -0.05) is 78.1 Å². The second kappa shape index (κ2) is 15.8. The maximum atomic E-state index is 13.3. The Kier molecular flexibility index (Phi) is 15.3. The van der Waals surface area contributed by atoms with Crippen LogP contribution >= 0.6 is 0 Å². The number of rotatable bonds is 20. The van der Waals surface area contributed by atoms with Crippen LogP contribution in [0.5, 0.6) is 0 Å². The van der Waals surface area contributed by atoms with Gasteiger partial charge in [-0.05, 0) is 19.8 Å². The van der Waals surface area contributed by atoms with Gasteiger partial charge in [-0.15, -0.1) is 0 Å². The molecule has 0 rings (SSSR count). The highest BCUT2D eigenvalue weighted by molar-refractivity contribution is 5.91. The normalized spacial score (nSPS) is 15.0. The average Bonchev–Trinajstić information content (AvgIpc) is 2.62. The smallest absolute Gasteiger partial charge is 0.307 e. The van der Waals surface area contributed by atoms with Crippen LogP contribution in [0.25, 0.3) is 0 Å². The van der Waals surface area contributed by atoms with Crippen molar-refractivity contribution in [2.45, 2.75) is 122 Å². The molecule has 5 heteroatoms. The van der Waals surface area contributed by atoms with Crippen LogP contribution in [0.2, 0.25) is 0 Å². The zero-order valence-electron chi connectivity index (χ0n) is 20.8. The number of aliphatic carboxylic acids is 1. The number of quaternary nitrogens is 1. The molecule has 2 atom stereocenters. The Morgan fingerprint density at radius 1 is 0.867 bits per heavy atom. The van der Waals surface area contributed by atoms with E-state index in [9.17, 15) is 14.7 Å². The number of hydrogen-bond acceptors (Lipinski definition) is 3. The summed E-state index contributed by atoms with van der Waals surface area (Å²) < 4.78 is 6.83. The zero-order chi connectivity index (χ0) is 23.0. The number of carbonyl (C=O) groups excluding carboxylic acids is 1. The Bertz CT molecular complexity index is 472. The molecule has 5 nitrogen and oxygen atoms in total. The van der Waals surface area contributed by atoms with Gasteiger partial charge < -0.3 is 14.3 Å². The minimum absolute atomic E-state index is 0.0353. The first-order chi connectivity index (χ1) is 14.1. The number of Topliss-reactive ketones (excluding diaryl/α,β-unsaturated/α-hetero) is 1. The summed E-state index contributed by atoms with van der Waals surface area (Å²) in [6, 6.07) is 0. The van der Waals surface area contributed by atoms with Gasteiger partial charge in [0.15, 0.2) is 11.4 Å². The number of carboxylic acid groups (broad SMARTS) is 1. The van der Waals surface area contributed by atoms with Crippen molar-refractivity contribution in [2.24, 2.45) is 0 Å². The maximum absolute atomic E-state index is 13.3. The molecular formula is C25H50NO4+. The molecular weight excluding hydrogens is 378 g/mol. The third-order valence-electron chi connectivity index (χ3n) is 5.57. The molecule has 2 unspecified atom stereocenters. The molecule has 0 aliphatic carbocycles. The third kappa shape index (κ3) is 14.1. The number of ether oxygens (including phenoxy) is 1. The quantitative estimate of drug-likeness (QED) is 0.191. The number of nitrogens with zero attached hydrogens (tertiary/aromatic N) is 1. The van der Waals surface area contributed by atoms with Gasteiger partial charge in [-0.3, -0.25) is 9.59 Å². The molecule has 0 fully saturated rings. The molecule has 30 heavy (non-hydrogen) atoms. The van der Waals surface area contributed by atoms with Gasteiger partial charge in [-0.25, -0.2) is 0 Å². The number of carboxylic acids is 1. The van der Waals surface area contributed by atoms with Crippen molar-refractivity contribution in [3.05, 3.63) is 0 Å². The van der Waals surface area contributed by atoms with E-state index in [0.717, 1.165) is 38.5 Å². The van der Waals surface area contributed by atoms with E-state index in [1.54, 1.807) is 0 Å². The van der Waals surface area contributed by atoms with E-state index >= 15 is 0 Å². The van der Waals surface area contributed by atoms with Gasteiger partial charge >= 0.3 is 5.97 Å².